The highest BCUT2D eigenvalue weighted by Crippen LogP contribution is 2.22. The smallest absolute Gasteiger partial charge is 0.310 e. The number of hydrogen-bond acceptors (Lipinski definition) is 2. The minimum Gasteiger partial charge on any atom is -0.481 e. The van der Waals surface area contributed by atoms with Crippen molar-refractivity contribution in [1.29, 1.82) is 0 Å². The third-order valence-corrected chi connectivity index (χ3v) is 4.10. The molecular formula is C19H20O3. The van der Waals surface area contributed by atoms with Crippen molar-refractivity contribution in [2.24, 2.45) is 0 Å². The van der Waals surface area contributed by atoms with Gasteiger partial charge in [-0.25, -0.2) is 0 Å². The molecule has 1 unspecified atom stereocenters. The summed E-state index contributed by atoms with van der Waals surface area (Å²) in [6.45, 7) is 7.54. The maximum atomic E-state index is 12.7. The molecule has 0 aliphatic rings. The van der Waals surface area contributed by atoms with Crippen molar-refractivity contribution in [2.45, 2.75) is 33.6 Å². The summed E-state index contributed by atoms with van der Waals surface area (Å²) in [7, 11) is 0. The number of aryl methyl sites for hydroxylation is 3. The molecule has 0 aromatic heterocycles. The zero-order valence-corrected chi connectivity index (χ0v) is 13.3. The Labute approximate surface area is 130 Å². The van der Waals surface area contributed by atoms with Gasteiger partial charge in [0.15, 0.2) is 5.78 Å². The Bertz CT molecular complexity index is 744. The van der Waals surface area contributed by atoms with Crippen molar-refractivity contribution >= 4 is 11.8 Å². The monoisotopic (exact) mass is 296 g/mol. The van der Waals surface area contributed by atoms with Crippen LogP contribution in [0.2, 0.25) is 0 Å². The number of ketones is 1. The first-order valence-corrected chi connectivity index (χ1v) is 7.26. The number of carboxylic acid groups (broad SMARTS) is 1. The third kappa shape index (κ3) is 3.08. The average Bonchev–Trinajstić information content (AvgIpc) is 2.49. The van der Waals surface area contributed by atoms with E-state index in [-0.39, 0.29) is 5.78 Å². The lowest BCUT2D eigenvalue weighted by atomic mass is 9.92. The summed E-state index contributed by atoms with van der Waals surface area (Å²) in [5.74, 6) is -1.60. The van der Waals surface area contributed by atoms with Gasteiger partial charge in [0.05, 0.1) is 5.92 Å². The molecule has 114 valence electrons. The summed E-state index contributed by atoms with van der Waals surface area (Å²) in [4.78, 5) is 23.8. The highest BCUT2D eigenvalue weighted by Gasteiger charge is 2.17. The van der Waals surface area contributed by atoms with Gasteiger partial charge in [-0.3, -0.25) is 9.59 Å². The quantitative estimate of drug-likeness (QED) is 0.867. The van der Waals surface area contributed by atoms with Crippen LogP contribution in [0.4, 0.5) is 0 Å². The summed E-state index contributed by atoms with van der Waals surface area (Å²) in [6, 6.07) is 10.8. The van der Waals surface area contributed by atoms with Gasteiger partial charge in [0.1, 0.15) is 0 Å². The van der Waals surface area contributed by atoms with E-state index in [0.29, 0.717) is 16.7 Å². The Morgan fingerprint density at radius 1 is 0.955 bits per heavy atom. The van der Waals surface area contributed by atoms with Crippen LogP contribution in [0.5, 0.6) is 0 Å². The molecule has 0 amide bonds. The average molecular weight is 296 g/mol. The lowest BCUT2D eigenvalue weighted by Crippen LogP contribution is -2.10. The van der Waals surface area contributed by atoms with Gasteiger partial charge in [0.25, 0.3) is 0 Å². The van der Waals surface area contributed by atoms with Gasteiger partial charge in [-0.1, -0.05) is 24.3 Å². The second kappa shape index (κ2) is 6.14. The predicted molar refractivity (Wildman–Crippen MR) is 86.6 cm³/mol. The first-order valence-electron chi connectivity index (χ1n) is 7.26. The summed E-state index contributed by atoms with van der Waals surface area (Å²) in [5.41, 5.74) is 5.00. The number of aliphatic carboxylic acids is 1. The molecule has 0 saturated heterocycles. The van der Waals surface area contributed by atoms with Gasteiger partial charge in [0, 0.05) is 11.1 Å². The van der Waals surface area contributed by atoms with Crippen LogP contribution in [0, 0.1) is 20.8 Å². The van der Waals surface area contributed by atoms with E-state index in [2.05, 4.69) is 0 Å². The van der Waals surface area contributed by atoms with Gasteiger partial charge >= 0.3 is 5.97 Å². The van der Waals surface area contributed by atoms with Crippen LogP contribution in [0.25, 0.3) is 0 Å². The van der Waals surface area contributed by atoms with E-state index in [1.54, 1.807) is 31.2 Å². The molecule has 22 heavy (non-hydrogen) atoms. The molecule has 0 fully saturated rings. The van der Waals surface area contributed by atoms with Crippen molar-refractivity contribution in [3.05, 3.63) is 69.8 Å². The molecule has 0 aliphatic carbocycles. The molecule has 0 heterocycles. The summed E-state index contributed by atoms with van der Waals surface area (Å²) in [6.07, 6.45) is 0. The van der Waals surface area contributed by atoms with E-state index in [1.165, 1.54) is 0 Å². The van der Waals surface area contributed by atoms with Crippen LogP contribution in [-0.2, 0) is 4.79 Å². The Balaban J connectivity index is 2.44. The second-order valence-corrected chi connectivity index (χ2v) is 5.77. The molecule has 3 nitrogen and oxygen atoms in total. The number of rotatable bonds is 4. The van der Waals surface area contributed by atoms with Crippen molar-refractivity contribution in [2.75, 3.05) is 0 Å². The molecule has 1 N–H and O–H groups in total. The summed E-state index contributed by atoms with van der Waals surface area (Å²) < 4.78 is 0. The molecule has 0 saturated carbocycles. The Kier molecular flexibility index (Phi) is 4.45. The largest absolute Gasteiger partial charge is 0.481 e. The van der Waals surface area contributed by atoms with Crippen LogP contribution in [0.3, 0.4) is 0 Å². The molecule has 3 heteroatoms. The summed E-state index contributed by atoms with van der Waals surface area (Å²) in [5, 5.41) is 9.11. The molecule has 0 aliphatic heterocycles. The number of benzene rings is 2. The van der Waals surface area contributed by atoms with Crippen molar-refractivity contribution in [3.63, 3.8) is 0 Å². The lowest BCUT2D eigenvalue weighted by molar-refractivity contribution is -0.138. The predicted octanol–water partition coefficient (Wildman–Crippen LogP) is 4.03. The summed E-state index contributed by atoms with van der Waals surface area (Å²) >= 11 is 0. The minimum atomic E-state index is -0.896. The van der Waals surface area contributed by atoms with Crippen molar-refractivity contribution in [1.82, 2.24) is 0 Å². The van der Waals surface area contributed by atoms with E-state index in [1.807, 2.05) is 32.9 Å². The number of carbonyl (C=O) groups excluding carboxylic acids is 1. The Morgan fingerprint density at radius 3 is 2.23 bits per heavy atom. The Hall–Kier alpha value is -2.42. The molecule has 0 bridgehead atoms. The maximum absolute atomic E-state index is 12.7. The van der Waals surface area contributed by atoms with Gasteiger partial charge in [-0.05, 0) is 62.1 Å². The van der Waals surface area contributed by atoms with E-state index in [4.69, 9.17) is 5.11 Å². The maximum Gasteiger partial charge on any atom is 0.310 e. The van der Waals surface area contributed by atoms with E-state index < -0.39 is 11.9 Å². The van der Waals surface area contributed by atoms with Crippen molar-refractivity contribution in [3.8, 4) is 0 Å². The first kappa shape index (κ1) is 16.0. The fraction of sp³-hybridized carbons (Fsp3) is 0.263. The fourth-order valence-corrected chi connectivity index (χ4v) is 2.45. The van der Waals surface area contributed by atoms with E-state index >= 15 is 0 Å². The normalized spacial score (nSPS) is 12.0. The molecule has 0 radical (unpaired) electrons. The standard InChI is InChI=1S/C19H20O3/c1-11-8-13(3)17(9-12(11)2)18(20)16-7-5-6-15(10-16)14(4)19(21)22/h5-10,14H,1-4H3,(H,21,22). The topological polar surface area (TPSA) is 54.4 Å². The molecule has 2 rings (SSSR count). The van der Waals surface area contributed by atoms with E-state index in [9.17, 15) is 9.59 Å². The van der Waals surface area contributed by atoms with Crippen LogP contribution in [0.15, 0.2) is 36.4 Å². The lowest BCUT2D eigenvalue weighted by Gasteiger charge is -2.11. The number of hydrogen-bond donors (Lipinski definition) is 1. The molecular weight excluding hydrogens is 276 g/mol. The van der Waals surface area contributed by atoms with E-state index in [0.717, 1.165) is 16.7 Å². The molecule has 1 atom stereocenters. The van der Waals surface area contributed by atoms with Gasteiger partial charge in [0.2, 0.25) is 0 Å². The minimum absolute atomic E-state index is 0.0694. The van der Waals surface area contributed by atoms with Gasteiger partial charge < -0.3 is 5.11 Å². The molecule has 2 aromatic rings. The zero-order valence-electron chi connectivity index (χ0n) is 13.3. The number of carboxylic acids is 1. The van der Waals surface area contributed by atoms with Crippen molar-refractivity contribution < 1.29 is 14.7 Å². The van der Waals surface area contributed by atoms with Crippen LogP contribution >= 0.6 is 0 Å². The van der Waals surface area contributed by atoms with Crippen LogP contribution < -0.4 is 0 Å². The third-order valence-electron chi connectivity index (χ3n) is 4.10. The SMILES string of the molecule is Cc1cc(C)c(C(=O)c2cccc(C(C)C(=O)O)c2)cc1C. The highest BCUT2D eigenvalue weighted by atomic mass is 16.4. The van der Waals surface area contributed by atoms with Gasteiger partial charge in [-0.2, -0.15) is 0 Å². The first-order chi connectivity index (χ1) is 10.3. The number of carbonyl (C=O) groups is 2. The van der Waals surface area contributed by atoms with Crippen LogP contribution in [-0.4, -0.2) is 16.9 Å². The van der Waals surface area contributed by atoms with Gasteiger partial charge in [-0.15, -0.1) is 0 Å². The zero-order chi connectivity index (χ0) is 16.4. The van der Waals surface area contributed by atoms with Crippen LogP contribution in [0.1, 0.15) is 51.0 Å². The highest BCUT2D eigenvalue weighted by molar-refractivity contribution is 6.10. The molecule has 0 spiro atoms. The molecule has 2 aromatic carbocycles. The fourth-order valence-electron chi connectivity index (χ4n) is 2.45. The second-order valence-electron chi connectivity index (χ2n) is 5.77. The Morgan fingerprint density at radius 2 is 1.59 bits per heavy atom.